The quantitative estimate of drug-likeness (QED) is 0.0367. The number of ether oxygens (including phenoxy) is 6. The minimum atomic E-state index is -0.861. The zero-order chi connectivity index (χ0) is 51.9. The molecule has 4 aliphatic heterocycles. The fraction of sp³-hybridized carbons (Fsp3) is 0.581. The van der Waals surface area contributed by atoms with Gasteiger partial charge in [0, 0.05) is 48.4 Å². The number of hydrogen-bond acceptors (Lipinski definition) is 12. The third kappa shape index (κ3) is 11.3. The monoisotopic (exact) mass is 1010 g/mol. The van der Waals surface area contributed by atoms with Gasteiger partial charge in [-0.15, -0.1) is 0 Å². The first kappa shape index (κ1) is 55.1. The van der Waals surface area contributed by atoms with Gasteiger partial charge in [0.1, 0.15) is 34.3 Å². The van der Waals surface area contributed by atoms with Crippen LogP contribution in [0.25, 0.3) is 0 Å². The highest BCUT2D eigenvalue weighted by atomic mass is 16.5. The molecule has 0 N–H and O–H groups in total. The van der Waals surface area contributed by atoms with E-state index in [2.05, 4.69) is 57.7 Å². The number of unbranched alkanes of at least 4 members (excludes halogenated alkanes) is 18. The first-order chi connectivity index (χ1) is 36.3. The lowest BCUT2D eigenvalue weighted by Crippen LogP contribution is -2.62. The molecule has 4 aromatic rings. The number of esters is 2. The SMILES string of the molecule is CCCCCCCCCCCCOC(=O)c1ccc(C23N4Cc5c(OC)ccc(OC)c5CN2CN2Cc5c(OC)ccc(OC)c5CN(C4)C23c2ccc(C(=O)OCCCCCCCCCCCC)cc2)cc1. The molecule has 0 aromatic heterocycles. The van der Waals surface area contributed by atoms with Gasteiger partial charge in [0.15, 0.2) is 0 Å². The van der Waals surface area contributed by atoms with Crippen LogP contribution in [0.3, 0.4) is 0 Å². The zero-order valence-electron chi connectivity index (χ0n) is 45.8. The van der Waals surface area contributed by atoms with Crippen LogP contribution in [-0.2, 0) is 47.0 Å². The molecule has 8 rings (SSSR count). The Morgan fingerprint density at radius 2 is 0.635 bits per heavy atom. The van der Waals surface area contributed by atoms with Crippen molar-refractivity contribution in [1.29, 1.82) is 0 Å². The van der Waals surface area contributed by atoms with Crippen LogP contribution in [0.2, 0.25) is 0 Å². The maximum absolute atomic E-state index is 13.8. The average molecular weight is 1020 g/mol. The second kappa shape index (κ2) is 26.6. The largest absolute Gasteiger partial charge is 0.496 e. The molecule has 4 heterocycles. The number of methoxy groups -OCH3 is 4. The van der Waals surface area contributed by atoms with Crippen molar-refractivity contribution in [2.75, 3.05) is 55.0 Å². The lowest BCUT2D eigenvalue weighted by atomic mass is 9.79. The van der Waals surface area contributed by atoms with E-state index in [9.17, 15) is 9.59 Å². The zero-order valence-corrected chi connectivity index (χ0v) is 45.8. The molecule has 12 nitrogen and oxygen atoms in total. The van der Waals surface area contributed by atoms with Gasteiger partial charge in [-0.2, -0.15) is 0 Å². The summed E-state index contributed by atoms with van der Waals surface area (Å²) >= 11 is 0. The van der Waals surface area contributed by atoms with Crippen molar-refractivity contribution in [3.63, 3.8) is 0 Å². The summed E-state index contributed by atoms with van der Waals surface area (Å²) in [6, 6.07) is 24.3. The third-order valence-corrected chi connectivity index (χ3v) is 16.5. The topological polar surface area (TPSA) is 102 Å². The van der Waals surface area contributed by atoms with E-state index in [0.29, 0.717) is 63.9 Å². The number of carbonyl (C=O) groups is 2. The van der Waals surface area contributed by atoms with Gasteiger partial charge in [-0.05, 0) is 72.5 Å². The molecule has 4 aliphatic rings. The summed E-state index contributed by atoms with van der Waals surface area (Å²) in [7, 11) is 6.94. The van der Waals surface area contributed by atoms with Crippen LogP contribution in [0.1, 0.15) is 196 Å². The molecule has 12 heteroatoms. The summed E-state index contributed by atoms with van der Waals surface area (Å²) in [5, 5.41) is 0. The molecule has 2 saturated heterocycles. The van der Waals surface area contributed by atoms with Gasteiger partial charge in [-0.3, -0.25) is 19.6 Å². The van der Waals surface area contributed by atoms with Crippen LogP contribution in [-0.4, -0.2) is 86.5 Å². The molecule has 74 heavy (non-hydrogen) atoms. The van der Waals surface area contributed by atoms with Crippen LogP contribution < -0.4 is 18.9 Å². The molecule has 4 aromatic carbocycles. The molecule has 0 spiro atoms. The van der Waals surface area contributed by atoms with E-state index in [1.54, 1.807) is 28.4 Å². The highest BCUT2D eigenvalue weighted by Gasteiger charge is 2.75. The van der Waals surface area contributed by atoms with Gasteiger partial charge in [-0.25, -0.2) is 9.59 Å². The van der Waals surface area contributed by atoms with Gasteiger partial charge in [0.25, 0.3) is 0 Å². The van der Waals surface area contributed by atoms with Gasteiger partial charge in [0.2, 0.25) is 0 Å². The van der Waals surface area contributed by atoms with Crippen molar-refractivity contribution < 1.29 is 38.0 Å². The van der Waals surface area contributed by atoms with Crippen molar-refractivity contribution in [2.24, 2.45) is 0 Å². The van der Waals surface area contributed by atoms with Gasteiger partial charge in [-0.1, -0.05) is 154 Å². The third-order valence-electron chi connectivity index (χ3n) is 16.5. The summed E-state index contributed by atoms with van der Waals surface area (Å²) in [5.74, 6) is 2.62. The Labute approximate surface area is 442 Å². The number of carbonyl (C=O) groups excluding carboxylic acids is 2. The molecule has 0 aliphatic carbocycles. The van der Waals surface area contributed by atoms with Gasteiger partial charge < -0.3 is 28.4 Å². The second-order valence-electron chi connectivity index (χ2n) is 21.1. The smallest absolute Gasteiger partial charge is 0.338 e. The van der Waals surface area contributed by atoms with E-state index in [1.807, 2.05) is 48.5 Å². The lowest BCUT2D eigenvalue weighted by Gasteiger charge is -2.51. The normalized spacial score (nSPS) is 19.3. The molecule has 0 radical (unpaired) electrons. The molecular weight excluding hydrogens is 929 g/mol. The van der Waals surface area contributed by atoms with Gasteiger partial charge in [0.05, 0.1) is 66.1 Å². The molecule has 402 valence electrons. The lowest BCUT2D eigenvalue weighted by molar-refractivity contribution is -0.0795. The van der Waals surface area contributed by atoms with Crippen LogP contribution >= 0.6 is 0 Å². The van der Waals surface area contributed by atoms with E-state index in [-0.39, 0.29) is 11.9 Å². The minimum absolute atomic E-state index is 0.305. The molecule has 0 amide bonds. The Hall–Kier alpha value is -5.14. The summed E-state index contributed by atoms with van der Waals surface area (Å²) in [5.41, 5.74) is 5.70. The predicted molar refractivity (Wildman–Crippen MR) is 291 cm³/mol. The van der Waals surface area contributed by atoms with E-state index < -0.39 is 11.3 Å². The molecule has 2 fully saturated rings. The van der Waals surface area contributed by atoms with Crippen molar-refractivity contribution in [3.05, 3.63) is 117 Å². The highest BCUT2D eigenvalue weighted by Crippen LogP contribution is 2.65. The van der Waals surface area contributed by atoms with Crippen LogP contribution in [0.15, 0.2) is 72.8 Å². The fourth-order valence-electron chi connectivity index (χ4n) is 12.8. The number of nitrogens with zero attached hydrogens (tertiary/aromatic N) is 4. The Kier molecular flexibility index (Phi) is 19.8. The second-order valence-corrected chi connectivity index (χ2v) is 21.1. The van der Waals surface area contributed by atoms with E-state index in [1.165, 1.54) is 103 Å². The Morgan fingerprint density at radius 1 is 0.378 bits per heavy atom. The van der Waals surface area contributed by atoms with Crippen LogP contribution in [0.4, 0.5) is 0 Å². The fourth-order valence-corrected chi connectivity index (χ4v) is 12.8. The van der Waals surface area contributed by atoms with Crippen LogP contribution in [0, 0.1) is 0 Å². The number of benzene rings is 4. The Morgan fingerprint density at radius 3 is 0.892 bits per heavy atom. The Balaban J connectivity index is 1.11. The number of fused-ring (bicyclic) bond motifs is 2. The molecular formula is C62H86N4O8. The van der Waals surface area contributed by atoms with Gasteiger partial charge >= 0.3 is 11.9 Å². The average Bonchev–Trinajstić information content (AvgIpc) is 3.73. The number of hydrogen-bond donors (Lipinski definition) is 0. The van der Waals surface area contributed by atoms with Crippen molar-refractivity contribution >= 4 is 11.9 Å². The maximum atomic E-state index is 13.8. The van der Waals surface area contributed by atoms with Crippen molar-refractivity contribution in [2.45, 2.75) is 180 Å². The highest BCUT2D eigenvalue weighted by molar-refractivity contribution is 5.90. The summed E-state index contributed by atoms with van der Waals surface area (Å²) in [6.07, 6.45) is 24.4. The van der Waals surface area contributed by atoms with E-state index >= 15 is 0 Å². The standard InChI is InChI=1S/C62H86N4O8/c1-7-9-11-13-15-17-19-21-23-25-39-73-59(67)47-27-31-49(32-28-47)61-62(50-33-29-48(30-34-50)60(68)74-40-26-24-22-20-18-16-14-12-10-8-2)65-43-53-54(58(72-6)38-37-57(53)71-5)44-66(62)46-64(61)42-52-51(41-63(61)45-65)55(69-3)35-36-56(52)70-4/h27-38H,7-26,39-46H2,1-6H3. The van der Waals surface area contributed by atoms with E-state index in [4.69, 9.17) is 28.4 Å². The minimum Gasteiger partial charge on any atom is -0.496 e. The maximum Gasteiger partial charge on any atom is 0.338 e. The predicted octanol–water partition coefficient (Wildman–Crippen LogP) is 13.5. The molecule has 0 bridgehead atoms. The first-order valence-electron chi connectivity index (χ1n) is 28.3. The van der Waals surface area contributed by atoms with Crippen molar-refractivity contribution in [3.8, 4) is 23.0 Å². The Bertz CT molecular complexity index is 2190. The summed E-state index contributed by atoms with van der Waals surface area (Å²) < 4.78 is 36.4. The van der Waals surface area contributed by atoms with Crippen LogP contribution in [0.5, 0.6) is 23.0 Å². The molecule has 0 atom stereocenters. The van der Waals surface area contributed by atoms with Crippen molar-refractivity contribution in [1.82, 2.24) is 19.6 Å². The van der Waals surface area contributed by atoms with E-state index in [0.717, 1.165) is 82.1 Å². The molecule has 0 unspecified atom stereocenters. The summed E-state index contributed by atoms with van der Waals surface area (Å²) in [6.45, 7) is 8.64. The summed E-state index contributed by atoms with van der Waals surface area (Å²) in [4.78, 5) is 37.8. The molecule has 0 saturated carbocycles. The number of rotatable bonds is 30. The first-order valence-corrected chi connectivity index (χ1v) is 28.3.